The van der Waals surface area contributed by atoms with Gasteiger partial charge in [0, 0.05) is 6.42 Å². The lowest BCUT2D eigenvalue weighted by Gasteiger charge is -2.01. The van der Waals surface area contributed by atoms with Crippen LogP contribution in [0, 0.1) is 11.7 Å². The van der Waals surface area contributed by atoms with Gasteiger partial charge in [-0.1, -0.05) is 30.3 Å². The standard InChI is InChI=1S/C15H14N4S2/c1-11-7-8-21-13(11)10-16-19-14(17-18-15(19)20)9-12-5-3-2-4-6-12/h2-8,10H,9H2,1H3,(H,18,20)/b16-10-. The number of aromatic nitrogens is 3. The highest BCUT2D eigenvalue weighted by molar-refractivity contribution is 7.71. The summed E-state index contributed by atoms with van der Waals surface area (Å²) in [4.78, 5) is 1.13. The van der Waals surface area contributed by atoms with Crippen LogP contribution in [0.1, 0.15) is 21.8 Å². The molecule has 1 aromatic carbocycles. The van der Waals surface area contributed by atoms with Crippen molar-refractivity contribution in [2.45, 2.75) is 13.3 Å². The van der Waals surface area contributed by atoms with E-state index in [-0.39, 0.29) is 0 Å². The van der Waals surface area contributed by atoms with Crippen molar-refractivity contribution in [2.24, 2.45) is 5.10 Å². The molecule has 0 fully saturated rings. The van der Waals surface area contributed by atoms with Gasteiger partial charge in [-0.15, -0.1) is 11.3 Å². The van der Waals surface area contributed by atoms with E-state index in [0.29, 0.717) is 11.2 Å². The largest absolute Gasteiger partial charge is 0.250 e. The minimum absolute atomic E-state index is 0.506. The van der Waals surface area contributed by atoms with Gasteiger partial charge in [-0.2, -0.15) is 14.9 Å². The molecule has 0 aliphatic carbocycles. The second kappa shape index (κ2) is 6.15. The molecule has 0 amide bonds. The number of benzene rings is 1. The fourth-order valence-electron chi connectivity index (χ4n) is 1.96. The highest BCUT2D eigenvalue weighted by atomic mass is 32.1. The number of nitrogens with zero attached hydrogens (tertiary/aromatic N) is 3. The first kappa shape index (κ1) is 13.9. The monoisotopic (exact) mass is 314 g/mol. The van der Waals surface area contributed by atoms with Crippen molar-refractivity contribution in [3.05, 3.63) is 68.4 Å². The average Bonchev–Trinajstić information content (AvgIpc) is 3.05. The maximum Gasteiger partial charge on any atom is 0.216 e. The number of aromatic amines is 1. The van der Waals surface area contributed by atoms with E-state index >= 15 is 0 Å². The molecular formula is C15H14N4S2. The third kappa shape index (κ3) is 3.17. The van der Waals surface area contributed by atoms with Crippen LogP contribution in [0.15, 0.2) is 46.9 Å². The molecule has 0 radical (unpaired) electrons. The normalized spacial score (nSPS) is 11.3. The van der Waals surface area contributed by atoms with E-state index in [1.807, 2.05) is 24.4 Å². The van der Waals surface area contributed by atoms with Gasteiger partial charge in [0.15, 0.2) is 5.82 Å². The topological polar surface area (TPSA) is 46.0 Å². The molecule has 21 heavy (non-hydrogen) atoms. The van der Waals surface area contributed by atoms with Gasteiger partial charge in [0.25, 0.3) is 0 Å². The van der Waals surface area contributed by atoms with Crippen LogP contribution in [0.25, 0.3) is 0 Å². The molecule has 0 unspecified atom stereocenters. The number of rotatable bonds is 4. The molecule has 0 atom stereocenters. The maximum atomic E-state index is 5.25. The van der Waals surface area contributed by atoms with Crippen LogP contribution in [0.4, 0.5) is 0 Å². The van der Waals surface area contributed by atoms with Crippen LogP contribution in [0.5, 0.6) is 0 Å². The van der Waals surface area contributed by atoms with Gasteiger partial charge in [0.2, 0.25) is 4.77 Å². The van der Waals surface area contributed by atoms with Crippen LogP contribution in [-0.2, 0) is 6.42 Å². The summed E-state index contributed by atoms with van der Waals surface area (Å²) in [5.74, 6) is 0.802. The third-order valence-corrected chi connectivity index (χ3v) is 4.33. The lowest BCUT2D eigenvalue weighted by Crippen LogP contribution is -2.00. The average molecular weight is 314 g/mol. The van der Waals surface area contributed by atoms with E-state index in [0.717, 1.165) is 10.7 Å². The van der Waals surface area contributed by atoms with Gasteiger partial charge in [0.1, 0.15) is 0 Å². The molecule has 3 rings (SSSR count). The summed E-state index contributed by atoms with van der Waals surface area (Å²) in [5.41, 5.74) is 2.39. The second-order valence-electron chi connectivity index (χ2n) is 4.63. The molecule has 2 aromatic heterocycles. The van der Waals surface area contributed by atoms with Crippen LogP contribution >= 0.6 is 23.6 Å². The predicted octanol–water partition coefficient (Wildman–Crippen LogP) is 3.78. The minimum Gasteiger partial charge on any atom is -0.250 e. The summed E-state index contributed by atoms with van der Waals surface area (Å²) < 4.78 is 2.19. The summed E-state index contributed by atoms with van der Waals surface area (Å²) in [6, 6.07) is 12.2. The molecule has 106 valence electrons. The van der Waals surface area contributed by atoms with Crippen molar-refractivity contribution in [2.75, 3.05) is 0 Å². The molecule has 0 aliphatic rings. The Labute approximate surface area is 131 Å². The van der Waals surface area contributed by atoms with Crippen molar-refractivity contribution in [3.8, 4) is 0 Å². The van der Waals surface area contributed by atoms with Gasteiger partial charge in [0.05, 0.1) is 11.1 Å². The number of aryl methyl sites for hydroxylation is 1. The fraction of sp³-hybridized carbons (Fsp3) is 0.133. The first-order valence-corrected chi connectivity index (χ1v) is 7.81. The zero-order valence-electron chi connectivity index (χ0n) is 11.5. The predicted molar refractivity (Wildman–Crippen MR) is 88.7 cm³/mol. The Morgan fingerprint density at radius 1 is 1.33 bits per heavy atom. The molecule has 3 aromatic rings. The zero-order valence-corrected chi connectivity index (χ0v) is 13.1. The van der Waals surface area contributed by atoms with E-state index in [1.54, 1.807) is 16.0 Å². The zero-order chi connectivity index (χ0) is 14.7. The van der Waals surface area contributed by atoms with Crippen LogP contribution < -0.4 is 0 Å². The summed E-state index contributed by atoms with van der Waals surface area (Å²) in [6.45, 7) is 2.07. The van der Waals surface area contributed by atoms with Crippen molar-refractivity contribution >= 4 is 29.8 Å². The minimum atomic E-state index is 0.506. The number of H-pyrrole nitrogens is 1. The Bertz CT molecular complexity index is 812. The Morgan fingerprint density at radius 3 is 2.86 bits per heavy atom. The second-order valence-corrected chi connectivity index (χ2v) is 5.97. The highest BCUT2D eigenvalue weighted by Gasteiger charge is 2.06. The quantitative estimate of drug-likeness (QED) is 0.588. The van der Waals surface area contributed by atoms with Gasteiger partial charge >= 0.3 is 0 Å². The Balaban J connectivity index is 1.89. The molecule has 0 saturated heterocycles. The van der Waals surface area contributed by atoms with Crippen LogP contribution in [-0.4, -0.2) is 21.1 Å². The van der Waals surface area contributed by atoms with Gasteiger partial charge in [-0.3, -0.25) is 5.10 Å². The fourth-order valence-corrected chi connectivity index (χ4v) is 2.94. The third-order valence-electron chi connectivity index (χ3n) is 3.11. The van der Waals surface area contributed by atoms with Gasteiger partial charge in [-0.05, 0) is 41.7 Å². The van der Waals surface area contributed by atoms with E-state index in [1.165, 1.54) is 11.1 Å². The molecular weight excluding hydrogens is 300 g/mol. The smallest absolute Gasteiger partial charge is 0.216 e. The van der Waals surface area contributed by atoms with Crippen molar-refractivity contribution in [1.29, 1.82) is 0 Å². The van der Waals surface area contributed by atoms with E-state index in [4.69, 9.17) is 12.2 Å². The van der Waals surface area contributed by atoms with Crippen molar-refractivity contribution in [3.63, 3.8) is 0 Å². The maximum absolute atomic E-state index is 5.25. The molecule has 0 spiro atoms. The number of hydrogen-bond donors (Lipinski definition) is 1. The van der Waals surface area contributed by atoms with Crippen LogP contribution in [0.3, 0.4) is 0 Å². The number of nitrogens with one attached hydrogen (secondary N) is 1. The number of thiophene rings is 1. The molecule has 0 saturated carbocycles. The lowest BCUT2D eigenvalue weighted by molar-refractivity contribution is 0.792. The van der Waals surface area contributed by atoms with Gasteiger partial charge < -0.3 is 0 Å². The van der Waals surface area contributed by atoms with Crippen molar-refractivity contribution in [1.82, 2.24) is 14.9 Å². The number of hydrogen-bond acceptors (Lipinski definition) is 4. The Kier molecular flexibility index (Phi) is 4.08. The molecule has 4 nitrogen and oxygen atoms in total. The Hall–Kier alpha value is -2.05. The Morgan fingerprint density at radius 2 is 2.14 bits per heavy atom. The molecule has 0 bridgehead atoms. The molecule has 1 N–H and O–H groups in total. The van der Waals surface area contributed by atoms with E-state index < -0.39 is 0 Å². The summed E-state index contributed by atoms with van der Waals surface area (Å²) in [7, 11) is 0. The van der Waals surface area contributed by atoms with E-state index in [2.05, 4.69) is 45.8 Å². The first-order chi connectivity index (χ1) is 10.2. The summed E-state index contributed by atoms with van der Waals surface area (Å²) >= 11 is 6.91. The summed E-state index contributed by atoms with van der Waals surface area (Å²) in [5, 5.41) is 13.6. The summed E-state index contributed by atoms with van der Waals surface area (Å²) in [6.07, 6.45) is 2.52. The first-order valence-electron chi connectivity index (χ1n) is 6.53. The van der Waals surface area contributed by atoms with Crippen molar-refractivity contribution < 1.29 is 0 Å². The highest BCUT2D eigenvalue weighted by Crippen LogP contribution is 2.13. The molecule has 0 aliphatic heterocycles. The van der Waals surface area contributed by atoms with Gasteiger partial charge in [-0.25, -0.2) is 0 Å². The van der Waals surface area contributed by atoms with Crippen LogP contribution in [0.2, 0.25) is 0 Å². The molecule has 6 heteroatoms. The SMILES string of the molecule is Cc1ccsc1/C=N\n1c(Cc2ccccc2)n[nH]c1=S. The lowest BCUT2D eigenvalue weighted by atomic mass is 10.1. The van der Waals surface area contributed by atoms with E-state index in [9.17, 15) is 0 Å². The molecule has 2 heterocycles.